The van der Waals surface area contributed by atoms with Crippen LogP contribution in [0.4, 0.5) is 21.9 Å². The minimum Gasteiger partial charge on any atom is -0.326 e. The summed E-state index contributed by atoms with van der Waals surface area (Å²) in [4.78, 5) is 38.4. The van der Waals surface area contributed by atoms with E-state index < -0.39 is 0 Å². The van der Waals surface area contributed by atoms with E-state index in [0.717, 1.165) is 24.1 Å². The maximum Gasteiger partial charge on any atom is 0.321 e. The molecule has 0 radical (unpaired) electrons. The van der Waals surface area contributed by atoms with Gasteiger partial charge in [-0.15, -0.1) is 0 Å². The smallest absolute Gasteiger partial charge is 0.321 e. The van der Waals surface area contributed by atoms with Crippen molar-refractivity contribution < 1.29 is 14.4 Å². The molecule has 7 heteroatoms. The molecule has 3 rings (SSSR count). The number of para-hydroxylation sites is 1. The predicted octanol–water partition coefficient (Wildman–Crippen LogP) is 3.84. The van der Waals surface area contributed by atoms with Crippen LogP contribution < -0.4 is 16.0 Å². The van der Waals surface area contributed by atoms with Crippen LogP contribution in [0, 0.1) is 12.8 Å². The van der Waals surface area contributed by atoms with E-state index in [-0.39, 0.29) is 23.8 Å². The second kappa shape index (κ2) is 9.23. The summed E-state index contributed by atoms with van der Waals surface area (Å²) < 4.78 is 0. The molecule has 2 aromatic rings. The van der Waals surface area contributed by atoms with E-state index in [9.17, 15) is 14.4 Å². The molecule has 1 saturated heterocycles. The third-order valence-corrected chi connectivity index (χ3v) is 5.01. The van der Waals surface area contributed by atoms with Crippen LogP contribution in [0.25, 0.3) is 0 Å². The second-order valence-corrected chi connectivity index (χ2v) is 7.23. The maximum atomic E-state index is 12.8. The van der Waals surface area contributed by atoms with Gasteiger partial charge in [0.25, 0.3) is 0 Å². The molecule has 2 aromatic carbocycles. The fourth-order valence-electron chi connectivity index (χ4n) is 3.43. The van der Waals surface area contributed by atoms with E-state index in [1.807, 2.05) is 37.3 Å². The molecule has 1 atom stereocenters. The summed E-state index contributed by atoms with van der Waals surface area (Å²) in [6, 6.07) is 14.5. The number of benzene rings is 2. The normalized spacial score (nSPS) is 16.1. The lowest BCUT2D eigenvalue weighted by molar-refractivity contribution is -0.121. The van der Waals surface area contributed by atoms with Gasteiger partial charge in [0.1, 0.15) is 0 Å². The zero-order valence-corrected chi connectivity index (χ0v) is 16.7. The van der Waals surface area contributed by atoms with Crippen molar-refractivity contribution in [3.63, 3.8) is 0 Å². The first-order valence-electron chi connectivity index (χ1n) is 9.73. The number of nitrogens with zero attached hydrogens (tertiary/aromatic N) is 1. The van der Waals surface area contributed by atoms with E-state index >= 15 is 0 Å². The molecule has 1 aliphatic heterocycles. The van der Waals surface area contributed by atoms with Gasteiger partial charge in [-0.2, -0.15) is 0 Å². The van der Waals surface area contributed by atoms with Crippen molar-refractivity contribution in [2.24, 2.45) is 5.92 Å². The van der Waals surface area contributed by atoms with Gasteiger partial charge in [-0.05, 0) is 49.6 Å². The average molecular weight is 394 g/mol. The van der Waals surface area contributed by atoms with Gasteiger partial charge in [0.15, 0.2) is 0 Å². The standard InChI is InChI=1S/C22H26N4O3/c1-15-19(23-16(2)27)11-6-12-20(15)25-21(28)17-8-7-13-26(14-17)22(29)24-18-9-4-3-5-10-18/h3-6,9-12,17H,7-8,13-14H2,1-2H3,(H,23,27)(H,24,29)(H,25,28). The number of anilines is 3. The topological polar surface area (TPSA) is 90.5 Å². The van der Waals surface area contributed by atoms with Crippen molar-refractivity contribution in [3.05, 3.63) is 54.1 Å². The number of likely N-dealkylation sites (tertiary alicyclic amines) is 1. The maximum absolute atomic E-state index is 12.8. The molecule has 1 aliphatic rings. The van der Waals surface area contributed by atoms with E-state index in [1.54, 1.807) is 23.1 Å². The van der Waals surface area contributed by atoms with Crippen LogP contribution in [0.3, 0.4) is 0 Å². The van der Waals surface area contributed by atoms with Gasteiger partial charge in [0, 0.05) is 37.1 Å². The largest absolute Gasteiger partial charge is 0.326 e. The molecule has 0 aromatic heterocycles. The summed E-state index contributed by atoms with van der Waals surface area (Å²) >= 11 is 0. The summed E-state index contributed by atoms with van der Waals surface area (Å²) in [5, 5.41) is 8.58. The van der Waals surface area contributed by atoms with E-state index in [1.165, 1.54) is 6.92 Å². The van der Waals surface area contributed by atoms with Crippen LogP contribution in [0.1, 0.15) is 25.3 Å². The molecule has 0 saturated carbocycles. The number of urea groups is 1. The molecule has 1 heterocycles. The van der Waals surface area contributed by atoms with Crippen LogP contribution in [-0.2, 0) is 9.59 Å². The SMILES string of the molecule is CC(=O)Nc1cccc(NC(=O)C2CCCN(C(=O)Nc3ccccc3)C2)c1C. The first-order valence-corrected chi connectivity index (χ1v) is 9.73. The Hall–Kier alpha value is -3.35. The molecule has 0 bridgehead atoms. The Balaban J connectivity index is 1.63. The number of carbonyl (C=O) groups is 3. The van der Waals surface area contributed by atoms with Crippen molar-refractivity contribution in [1.29, 1.82) is 0 Å². The van der Waals surface area contributed by atoms with Crippen molar-refractivity contribution in [1.82, 2.24) is 4.90 Å². The van der Waals surface area contributed by atoms with E-state index in [2.05, 4.69) is 16.0 Å². The molecule has 1 unspecified atom stereocenters. The zero-order chi connectivity index (χ0) is 20.8. The van der Waals surface area contributed by atoms with Gasteiger partial charge >= 0.3 is 6.03 Å². The Bertz CT molecular complexity index is 898. The summed E-state index contributed by atoms with van der Waals surface area (Å²) in [7, 11) is 0. The molecule has 152 valence electrons. The van der Waals surface area contributed by atoms with Crippen molar-refractivity contribution in [2.45, 2.75) is 26.7 Å². The summed E-state index contributed by atoms with van der Waals surface area (Å²) in [5.74, 6) is -0.566. The lowest BCUT2D eigenvalue weighted by Gasteiger charge is -2.32. The Labute approximate surface area is 170 Å². The summed E-state index contributed by atoms with van der Waals surface area (Å²) in [6.07, 6.45) is 1.50. The molecule has 0 aliphatic carbocycles. The number of hydrogen-bond acceptors (Lipinski definition) is 3. The van der Waals surface area contributed by atoms with E-state index in [4.69, 9.17) is 0 Å². The summed E-state index contributed by atoms with van der Waals surface area (Å²) in [6.45, 7) is 4.29. The molecule has 4 amide bonds. The Kier molecular flexibility index (Phi) is 6.49. The quantitative estimate of drug-likeness (QED) is 0.736. The Morgan fingerprint density at radius 1 is 0.931 bits per heavy atom. The van der Waals surface area contributed by atoms with Crippen molar-refractivity contribution >= 4 is 34.9 Å². The minimum absolute atomic E-state index is 0.120. The fourth-order valence-corrected chi connectivity index (χ4v) is 3.43. The van der Waals surface area contributed by atoms with Gasteiger partial charge in [-0.25, -0.2) is 4.79 Å². The lowest BCUT2D eigenvalue weighted by Crippen LogP contribution is -2.45. The van der Waals surface area contributed by atoms with Crippen LogP contribution in [0.15, 0.2) is 48.5 Å². The van der Waals surface area contributed by atoms with Crippen LogP contribution >= 0.6 is 0 Å². The zero-order valence-electron chi connectivity index (χ0n) is 16.7. The van der Waals surface area contributed by atoms with Crippen LogP contribution in [0.2, 0.25) is 0 Å². The molecule has 0 spiro atoms. The predicted molar refractivity (Wildman–Crippen MR) is 114 cm³/mol. The second-order valence-electron chi connectivity index (χ2n) is 7.23. The molecule has 3 N–H and O–H groups in total. The number of rotatable bonds is 4. The fraction of sp³-hybridized carbons (Fsp3) is 0.318. The van der Waals surface area contributed by atoms with Crippen LogP contribution in [-0.4, -0.2) is 35.8 Å². The minimum atomic E-state index is -0.283. The highest BCUT2D eigenvalue weighted by atomic mass is 16.2. The van der Waals surface area contributed by atoms with E-state index in [0.29, 0.717) is 24.5 Å². The van der Waals surface area contributed by atoms with Crippen molar-refractivity contribution in [3.8, 4) is 0 Å². The summed E-state index contributed by atoms with van der Waals surface area (Å²) in [5.41, 5.74) is 2.86. The van der Waals surface area contributed by atoms with Crippen molar-refractivity contribution in [2.75, 3.05) is 29.0 Å². The van der Waals surface area contributed by atoms with Gasteiger partial charge < -0.3 is 20.9 Å². The number of piperidine rings is 1. The third kappa shape index (κ3) is 5.34. The molecule has 1 fully saturated rings. The lowest BCUT2D eigenvalue weighted by atomic mass is 9.97. The van der Waals surface area contributed by atoms with Gasteiger partial charge in [0.05, 0.1) is 5.92 Å². The average Bonchev–Trinajstić information content (AvgIpc) is 2.71. The Morgan fingerprint density at radius 2 is 1.62 bits per heavy atom. The third-order valence-electron chi connectivity index (χ3n) is 5.01. The number of carbonyl (C=O) groups excluding carboxylic acids is 3. The first-order chi connectivity index (χ1) is 13.9. The number of nitrogens with one attached hydrogen (secondary N) is 3. The molecular formula is C22H26N4O3. The highest BCUT2D eigenvalue weighted by Crippen LogP contribution is 2.25. The van der Waals surface area contributed by atoms with Crippen LogP contribution in [0.5, 0.6) is 0 Å². The number of hydrogen-bond donors (Lipinski definition) is 3. The highest BCUT2D eigenvalue weighted by molar-refractivity contribution is 5.97. The highest BCUT2D eigenvalue weighted by Gasteiger charge is 2.28. The monoisotopic (exact) mass is 394 g/mol. The molecule has 29 heavy (non-hydrogen) atoms. The number of amides is 4. The van der Waals surface area contributed by atoms with Gasteiger partial charge in [-0.3, -0.25) is 9.59 Å². The molecule has 7 nitrogen and oxygen atoms in total. The first kappa shape index (κ1) is 20.4. The Morgan fingerprint density at radius 3 is 2.31 bits per heavy atom. The van der Waals surface area contributed by atoms with Gasteiger partial charge in [0.2, 0.25) is 11.8 Å². The molecular weight excluding hydrogens is 368 g/mol. The van der Waals surface area contributed by atoms with Gasteiger partial charge in [-0.1, -0.05) is 24.3 Å².